The summed E-state index contributed by atoms with van der Waals surface area (Å²) in [5.41, 5.74) is 5.74. The predicted molar refractivity (Wildman–Crippen MR) is 63.2 cm³/mol. The second kappa shape index (κ2) is 6.34. The van der Waals surface area contributed by atoms with Gasteiger partial charge in [0.05, 0.1) is 6.61 Å². The standard InChI is InChI=1S/C11H20N4O2/c1-4-17-11(16)9(12)5-10-13-7-14-15(10)6-8(2)3/h7-9H,4-6,12H2,1-3H3. The van der Waals surface area contributed by atoms with Gasteiger partial charge < -0.3 is 10.5 Å². The Hall–Kier alpha value is -1.43. The number of hydrogen-bond acceptors (Lipinski definition) is 5. The highest BCUT2D eigenvalue weighted by Crippen LogP contribution is 2.04. The maximum Gasteiger partial charge on any atom is 0.323 e. The minimum Gasteiger partial charge on any atom is -0.465 e. The molecule has 0 saturated heterocycles. The zero-order chi connectivity index (χ0) is 12.8. The SMILES string of the molecule is CCOC(=O)C(N)Cc1ncnn1CC(C)C. The molecule has 0 aromatic carbocycles. The Labute approximate surface area is 101 Å². The molecule has 1 aromatic heterocycles. The minimum absolute atomic E-state index is 0.339. The Morgan fingerprint density at radius 2 is 2.29 bits per heavy atom. The Balaban J connectivity index is 2.61. The van der Waals surface area contributed by atoms with E-state index >= 15 is 0 Å². The number of nitrogens with two attached hydrogens (primary N) is 1. The zero-order valence-corrected chi connectivity index (χ0v) is 10.6. The van der Waals surface area contributed by atoms with Gasteiger partial charge in [0.25, 0.3) is 0 Å². The summed E-state index contributed by atoms with van der Waals surface area (Å²) in [6.07, 6.45) is 1.83. The maximum atomic E-state index is 11.4. The summed E-state index contributed by atoms with van der Waals surface area (Å²) in [6, 6.07) is -0.676. The van der Waals surface area contributed by atoms with Crippen LogP contribution in [0.5, 0.6) is 0 Å². The average molecular weight is 240 g/mol. The minimum atomic E-state index is -0.676. The van der Waals surface area contributed by atoms with Crippen molar-refractivity contribution in [3.8, 4) is 0 Å². The third kappa shape index (κ3) is 4.14. The summed E-state index contributed by atoms with van der Waals surface area (Å²) >= 11 is 0. The highest BCUT2D eigenvalue weighted by Gasteiger charge is 2.18. The highest BCUT2D eigenvalue weighted by atomic mass is 16.5. The van der Waals surface area contributed by atoms with E-state index in [2.05, 4.69) is 23.9 Å². The monoisotopic (exact) mass is 240 g/mol. The fourth-order valence-electron chi connectivity index (χ4n) is 1.47. The van der Waals surface area contributed by atoms with E-state index in [9.17, 15) is 4.79 Å². The van der Waals surface area contributed by atoms with Gasteiger partial charge in [-0.2, -0.15) is 5.10 Å². The number of carbonyl (C=O) groups is 1. The molecule has 1 aromatic rings. The number of aromatic nitrogens is 3. The normalized spacial score (nSPS) is 12.8. The first-order chi connectivity index (χ1) is 8.04. The number of esters is 1. The molecule has 17 heavy (non-hydrogen) atoms. The van der Waals surface area contributed by atoms with Crippen molar-refractivity contribution < 1.29 is 9.53 Å². The molecule has 0 aliphatic carbocycles. The quantitative estimate of drug-likeness (QED) is 0.726. The van der Waals surface area contributed by atoms with Gasteiger partial charge in [0.15, 0.2) is 0 Å². The molecule has 1 unspecified atom stereocenters. The number of nitrogens with zero attached hydrogens (tertiary/aromatic N) is 3. The first-order valence-electron chi connectivity index (χ1n) is 5.83. The number of ether oxygens (including phenoxy) is 1. The summed E-state index contributed by atoms with van der Waals surface area (Å²) in [6.45, 7) is 7.05. The van der Waals surface area contributed by atoms with Crippen molar-refractivity contribution in [1.29, 1.82) is 0 Å². The van der Waals surface area contributed by atoms with Crippen LogP contribution in [0.4, 0.5) is 0 Å². The van der Waals surface area contributed by atoms with Crippen LogP contribution in [0.2, 0.25) is 0 Å². The van der Waals surface area contributed by atoms with Crippen LogP contribution in [-0.4, -0.2) is 33.4 Å². The van der Waals surface area contributed by atoms with Crippen molar-refractivity contribution in [2.45, 2.75) is 39.8 Å². The van der Waals surface area contributed by atoms with Gasteiger partial charge in [-0.3, -0.25) is 4.79 Å². The van der Waals surface area contributed by atoms with Crippen molar-refractivity contribution >= 4 is 5.97 Å². The zero-order valence-electron chi connectivity index (χ0n) is 10.6. The van der Waals surface area contributed by atoms with Crippen LogP contribution < -0.4 is 5.73 Å². The highest BCUT2D eigenvalue weighted by molar-refractivity contribution is 5.75. The van der Waals surface area contributed by atoms with E-state index < -0.39 is 12.0 Å². The molecule has 0 bridgehead atoms. The van der Waals surface area contributed by atoms with Gasteiger partial charge in [0.1, 0.15) is 18.2 Å². The lowest BCUT2D eigenvalue weighted by Gasteiger charge is -2.12. The van der Waals surface area contributed by atoms with Gasteiger partial charge in [-0.15, -0.1) is 0 Å². The van der Waals surface area contributed by atoms with Crippen LogP contribution in [-0.2, 0) is 22.5 Å². The van der Waals surface area contributed by atoms with E-state index in [1.807, 2.05) is 0 Å². The van der Waals surface area contributed by atoms with E-state index in [4.69, 9.17) is 10.5 Å². The molecule has 6 heteroatoms. The van der Waals surface area contributed by atoms with Gasteiger partial charge in [-0.1, -0.05) is 13.8 Å². The predicted octanol–water partition coefficient (Wildman–Crippen LogP) is 0.367. The smallest absolute Gasteiger partial charge is 0.323 e. The molecule has 6 nitrogen and oxygen atoms in total. The van der Waals surface area contributed by atoms with Crippen LogP contribution in [0.15, 0.2) is 6.33 Å². The van der Waals surface area contributed by atoms with Crippen LogP contribution in [0.1, 0.15) is 26.6 Å². The van der Waals surface area contributed by atoms with E-state index in [1.165, 1.54) is 6.33 Å². The van der Waals surface area contributed by atoms with E-state index in [0.29, 0.717) is 18.9 Å². The first-order valence-corrected chi connectivity index (χ1v) is 5.83. The molecule has 1 atom stereocenters. The summed E-state index contributed by atoms with van der Waals surface area (Å²) in [4.78, 5) is 15.5. The molecule has 0 aliphatic heterocycles. The molecule has 2 N–H and O–H groups in total. The van der Waals surface area contributed by atoms with Crippen molar-refractivity contribution in [2.24, 2.45) is 11.7 Å². The van der Waals surface area contributed by atoms with Crippen LogP contribution >= 0.6 is 0 Å². The molecule has 0 spiro atoms. The van der Waals surface area contributed by atoms with Crippen molar-refractivity contribution in [3.63, 3.8) is 0 Å². The van der Waals surface area contributed by atoms with Gasteiger partial charge in [0.2, 0.25) is 0 Å². The fraction of sp³-hybridized carbons (Fsp3) is 0.727. The van der Waals surface area contributed by atoms with Gasteiger partial charge in [-0.25, -0.2) is 9.67 Å². The summed E-state index contributed by atoms with van der Waals surface area (Å²) in [5.74, 6) is 0.792. The second-order valence-electron chi connectivity index (χ2n) is 4.31. The third-order valence-electron chi connectivity index (χ3n) is 2.23. The van der Waals surface area contributed by atoms with E-state index in [0.717, 1.165) is 12.4 Å². The Morgan fingerprint density at radius 3 is 2.88 bits per heavy atom. The lowest BCUT2D eigenvalue weighted by molar-refractivity contribution is -0.144. The number of rotatable bonds is 6. The second-order valence-corrected chi connectivity index (χ2v) is 4.31. The fourth-order valence-corrected chi connectivity index (χ4v) is 1.47. The molecule has 0 amide bonds. The molecule has 96 valence electrons. The summed E-state index contributed by atoms with van der Waals surface area (Å²) < 4.78 is 6.63. The average Bonchev–Trinajstić information content (AvgIpc) is 2.65. The van der Waals surface area contributed by atoms with Crippen LogP contribution in [0.3, 0.4) is 0 Å². The van der Waals surface area contributed by atoms with Gasteiger partial charge in [-0.05, 0) is 12.8 Å². The molecule has 1 heterocycles. The lowest BCUT2D eigenvalue weighted by atomic mass is 10.2. The molecular weight excluding hydrogens is 220 g/mol. The largest absolute Gasteiger partial charge is 0.465 e. The first kappa shape index (κ1) is 13.6. The molecule has 0 radical (unpaired) electrons. The topological polar surface area (TPSA) is 83.0 Å². The van der Waals surface area contributed by atoms with E-state index in [-0.39, 0.29) is 0 Å². The third-order valence-corrected chi connectivity index (χ3v) is 2.23. The molecule has 1 rings (SSSR count). The molecule has 0 saturated carbocycles. The molecule has 0 fully saturated rings. The van der Waals surface area contributed by atoms with Crippen molar-refractivity contribution in [1.82, 2.24) is 14.8 Å². The van der Waals surface area contributed by atoms with Crippen molar-refractivity contribution in [2.75, 3.05) is 6.61 Å². The van der Waals surface area contributed by atoms with E-state index in [1.54, 1.807) is 11.6 Å². The van der Waals surface area contributed by atoms with Crippen LogP contribution in [0, 0.1) is 5.92 Å². The number of carbonyl (C=O) groups excluding carboxylic acids is 1. The molecule has 0 aliphatic rings. The van der Waals surface area contributed by atoms with Gasteiger partial charge >= 0.3 is 5.97 Å². The number of hydrogen-bond donors (Lipinski definition) is 1. The van der Waals surface area contributed by atoms with Crippen LogP contribution in [0.25, 0.3) is 0 Å². The Morgan fingerprint density at radius 1 is 1.59 bits per heavy atom. The Kier molecular flexibility index (Phi) is 5.09. The molecular formula is C11H20N4O2. The van der Waals surface area contributed by atoms with Gasteiger partial charge in [0, 0.05) is 13.0 Å². The summed E-state index contributed by atoms with van der Waals surface area (Å²) in [5, 5.41) is 4.11. The lowest BCUT2D eigenvalue weighted by Crippen LogP contribution is -2.35. The maximum absolute atomic E-state index is 11.4. The summed E-state index contributed by atoms with van der Waals surface area (Å²) in [7, 11) is 0. The Bertz CT molecular complexity index is 362. The van der Waals surface area contributed by atoms with Crippen molar-refractivity contribution in [3.05, 3.63) is 12.2 Å².